The van der Waals surface area contributed by atoms with Gasteiger partial charge in [0.2, 0.25) is 5.91 Å². The van der Waals surface area contributed by atoms with Crippen molar-refractivity contribution >= 4 is 29.1 Å². The SMILES string of the molecule is O=C(CCNC(=O)c1cccs1)NC1(C(=O)O)CCCCC1. The molecule has 0 aliphatic heterocycles. The van der Waals surface area contributed by atoms with Crippen molar-refractivity contribution in [3.63, 3.8) is 0 Å². The minimum Gasteiger partial charge on any atom is -0.480 e. The van der Waals surface area contributed by atoms with Crippen LogP contribution in [-0.2, 0) is 9.59 Å². The highest BCUT2D eigenvalue weighted by Gasteiger charge is 2.40. The summed E-state index contributed by atoms with van der Waals surface area (Å²) in [5, 5.41) is 16.5. The molecular weight excluding hydrogens is 304 g/mol. The number of carboxylic acid groups (broad SMARTS) is 1. The lowest BCUT2D eigenvalue weighted by molar-refractivity contribution is -0.149. The summed E-state index contributed by atoms with van der Waals surface area (Å²) in [6, 6.07) is 3.49. The van der Waals surface area contributed by atoms with Crippen molar-refractivity contribution in [2.75, 3.05) is 6.54 Å². The van der Waals surface area contributed by atoms with Gasteiger partial charge in [0, 0.05) is 13.0 Å². The second-order valence-corrected chi connectivity index (χ2v) is 6.43. The fraction of sp³-hybridized carbons (Fsp3) is 0.533. The zero-order valence-corrected chi connectivity index (χ0v) is 13.1. The van der Waals surface area contributed by atoms with Gasteiger partial charge in [-0.05, 0) is 24.3 Å². The van der Waals surface area contributed by atoms with Crippen molar-refractivity contribution in [2.24, 2.45) is 0 Å². The maximum Gasteiger partial charge on any atom is 0.329 e. The van der Waals surface area contributed by atoms with Crippen LogP contribution in [0, 0.1) is 0 Å². The number of hydrogen-bond donors (Lipinski definition) is 3. The quantitative estimate of drug-likeness (QED) is 0.743. The summed E-state index contributed by atoms with van der Waals surface area (Å²) >= 11 is 1.33. The molecule has 6 nitrogen and oxygen atoms in total. The van der Waals surface area contributed by atoms with E-state index in [2.05, 4.69) is 10.6 Å². The molecule has 0 atom stereocenters. The van der Waals surface area contributed by atoms with E-state index in [0.717, 1.165) is 19.3 Å². The molecule has 0 saturated heterocycles. The van der Waals surface area contributed by atoms with E-state index in [4.69, 9.17) is 0 Å². The van der Waals surface area contributed by atoms with Crippen molar-refractivity contribution in [2.45, 2.75) is 44.1 Å². The van der Waals surface area contributed by atoms with E-state index in [-0.39, 0.29) is 24.8 Å². The predicted molar refractivity (Wildman–Crippen MR) is 82.9 cm³/mol. The third-order valence-electron chi connectivity index (χ3n) is 3.88. The summed E-state index contributed by atoms with van der Waals surface area (Å²) in [6.45, 7) is 0.193. The second kappa shape index (κ2) is 7.40. The Morgan fingerprint density at radius 3 is 2.55 bits per heavy atom. The topological polar surface area (TPSA) is 95.5 Å². The minimum absolute atomic E-state index is 0.0755. The summed E-state index contributed by atoms with van der Waals surface area (Å²) in [5.74, 6) is -1.52. The molecule has 7 heteroatoms. The molecule has 0 bridgehead atoms. The number of thiophene rings is 1. The van der Waals surface area contributed by atoms with Crippen LogP contribution < -0.4 is 10.6 Å². The molecule has 3 N–H and O–H groups in total. The average molecular weight is 324 g/mol. The van der Waals surface area contributed by atoms with E-state index in [1.807, 2.05) is 0 Å². The zero-order valence-electron chi connectivity index (χ0n) is 12.3. The average Bonchev–Trinajstić information content (AvgIpc) is 3.02. The zero-order chi connectivity index (χ0) is 16.0. The van der Waals surface area contributed by atoms with Crippen LogP contribution in [0.25, 0.3) is 0 Å². The van der Waals surface area contributed by atoms with Crippen molar-refractivity contribution < 1.29 is 19.5 Å². The third-order valence-corrected chi connectivity index (χ3v) is 4.75. The van der Waals surface area contributed by atoms with Gasteiger partial charge in [0.1, 0.15) is 5.54 Å². The van der Waals surface area contributed by atoms with Crippen molar-refractivity contribution in [3.05, 3.63) is 22.4 Å². The van der Waals surface area contributed by atoms with Crippen LogP contribution in [0.5, 0.6) is 0 Å². The molecule has 0 aromatic carbocycles. The monoisotopic (exact) mass is 324 g/mol. The molecule has 0 spiro atoms. The Labute approximate surface area is 132 Å². The summed E-state index contributed by atoms with van der Waals surface area (Å²) in [4.78, 5) is 35.7. The molecule has 1 heterocycles. The van der Waals surface area contributed by atoms with Gasteiger partial charge in [-0.15, -0.1) is 11.3 Å². The van der Waals surface area contributed by atoms with Gasteiger partial charge in [-0.1, -0.05) is 25.3 Å². The Kier molecular flexibility index (Phi) is 5.54. The lowest BCUT2D eigenvalue weighted by atomic mass is 9.81. The van der Waals surface area contributed by atoms with Crippen LogP contribution in [0.3, 0.4) is 0 Å². The number of nitrogens with one attached hydrogen (secondary N) is 2. The van der Waals surface area contributed by atoms with Gasteiger partial charge >= 0.3 is 5.97 Å². The lowest BCUT2D eigenvalue weighted by Gasteiger charge is -2.34. The van der Waals surface area contributed by atoms with Gasteiger partial charge in [-0.25, -0.2) is 4.79 Å². The molecule has 1 aliphatic rings. The highest BCUT2D eigenvalue weighted by atomic mass is 32.1. The Balaban J connectivity index is 1.79. The summed E-state index contributed by atoms with van der Waals surface area (Å²) in [6.07, 6.45) is 3.63. The Morgan fingerprint density at radius 1 is 1.23 bits per heavy atom. The third kappa shape index (κ3) is 4.07. The first kappa shape index (κ1) is 16.5. The fourth-order valence-corrected chi connectivity index (χ4v) is 3.30. The number of aliphatic carboxylic acids is 1. The first-order valence-electron chi connectivity index (χ1n) is 7.40. The van der Waals surface area contributed by atoms with Gasteiger partial charge in [0.05, 0.1) is 4.88 Å². The summed E-state index contributed by atoms with van der Waals surface area (Å²) < 4.78 is 0. The van der Waals surface area contributed by atoms with Crippen LogP contribution >= 0.6 is 11.3 Å². The van der Waals surface area contributed by atoms with Gasteiger partial charge in [0.15, 0.2) is 0 Å². The van der Waals surface area contributed by atoms with Crippen molar-refractivity contribution in [1.82, 2.24) is 10.6 Å². The number of amides is 2. The van der Waals surface area contributed by atoms with Crippen LogP contribution in [0.15, 0.2) is 17.5 Å². The molecule has 1 fully saturated rings. The summed E-state index contributed by atoms with van der Waals surface area (Å²) in [5.41, 5.74) is -1.13. The van der Waals surface area contributed by atoms with Gasteiger partial charge in [-0.2, -0.15) is 0 Å². The highest BCUT2D eigenvalue weighted by Crippen LogP contribution is 2.28. The number of carboxylic acids is 1. The number of carbonyl (C=O) groups is 3. The molecule has 0 radical (unpaired) electrons. The van der Waals surface area contributed by atoms with Gasteiger partial charge in [0.25, 0.3) is 5.91 Å². The Morgan fingerprint density at radius 2 is 1.95 bits per heavy atom. The first-order valence-corrected chi connectivity index (χ1v) is 8.28. The maximum atomic E-state index is 12.0. The molecule has 0 unspecified atom stereocenters. The smallest absolute Gasteiger partial charge is 0.329 e. The molecule has 120 valence electrons. The van der Waals surface area contributed by atoms with Crippen molar-refractivity contribution in [3.8, 4) is 0 Å². The van der Waals surface area contributed by atoms with Crippen LogP contribution in [0.2, 0.25) is 0 Å². The molecule has 1 aromatic rings. The standard InChI is InChI=1S/C15H20N2O4S/c18-12(6-9-16-13(19)11-5-4-10-22-11)17-15(14(20)21)7-2-1-3-8-15/h4-5,10H,1-3,6-9H2,(H,16,19)(H,17,18)(H,20,21). The molecule has 2 amide bonds. The maximum absolute atomic E-state index is 12.0. The normalized spacial score (nSPS) is 16.7. The van der Waals surface area contributed by atoms with Gasteiger partial charge < -0.3 is 15.7 Å². The Hall–Kier alpha value is -1.89. The van der Waals surface area contributed by atoms with Crippen LogP contribution in [0.4, 0.5) is 0 Å². The number of carbonyl (C=O) groups excluding carboxylic acids is 2. The second-order valence-electron chi connectivity index (χ2n) is 5.48. The molecule has 1 aliphatic carbocycles. The first-order chi connectivity index (χ1) is 10.5. The lowest BCUT2D eigenvalue weighted by Crippen LogP contribution is -2.55. The Bertz CT molecular complexity index is 536. The van der Waals surface area contributed by atoms with E-state index in [1.54, 1.807) is 17.5 Å². The van der Waals surface area contributed by atoms with E-state index in [9.17, 15) is 19.5 Å². The molecule has 22 heavy (non-hydrogen) atoms. The van der Waals surface area contributed by atoms with E-state index in [0.29, 0.717) is 17.7 Å². The fourth-order valence-electron chi connectivity index (χ4n) is 2.66. The summed E-state index contributed by atoms with van der Waals surface area (Å²) in [7, 11) is 0. The largest absolute Gasteiger partial charge is 0.480 e. The highest BCUT2D eigenvalue weighted by molar-refractivity contribution is 7.12. The minimum atomic E-state index is -1.13. The molecule has 1 aromatic heterocycles. The van der Waals surface area contributed by atoms with Crippen LogP contribution in [-0.4, -0.2) is 35.0 Å². The van der Waals surface area contributed by atoms with E-state index >= 15 is 0 Å². The number of hydrogen-bond acceptors (Lipinski definition) is 4. The van der Waals surface area contributed by atoms with Gasteiger partial charge in [-0.3, -0.25) is 9.59 Å². The van der Waals surface area contributed by atoms with E-state index < -0.39 is 11.5 Å². The van der Waals surface area contributed by atoms with Crippen LogP contribution in [0.1, 0.15) is 48.2 Å². The number of rotatable bonds is 6. The molecular formula is C15H20N2O4S. The molecule has 2 rings (SSSR count). The van der Waals surface area contributed by atoms with Crippen molar-refractivity contribution in [1.29, 1.82) is 0 Å². The van der Waals surface area contributed by atoms with E-state index in [1.165, 1.54) is 11.3 Å². The molecule has 1 saturated carbocycles. The predicted octanol–water partition coefficient (Wildman–Crippen LogP) is 1.77.